The molecule has 0 atom stereocenters. The summed E-state index contributed by atoms with van der Waals surface area (Å²) in [5, 5.41) is 2.38. The van der Waals surface area contributed by atoms with Gasteiger partial charge < -0.3 is 9.47 Å². The van der Waals surface area contributed by atoms with E-state index in [2.05, 4.69) is 289 Å². The lowest BCUT2D eigenvalue weighted by Gasteiger charge is -2.35. The average molecular weight is 879 g/mol. The Morgan fingerprint density at radius 2 is 0.739 bits per heavy atom. The van der Waals surface area contributed by atoms with Crippen molar-refractivity contribution in [3.05, 3.63) is 301 Å². The second-order valence-corrected chi connectivity index (χ2v) is 17.9. The molecule has 11 aromatic carbocycles. The summed E-state index contributed by atoms with van der Waals surface area (Å²) in [4.78, 5) is 2.61. The van der Waals surface area contributed by atoms with Crippen molar-refractivity contribution in [2.24, 2.45) is 0 Å². The molecule has 0 saturated carbocycles. The number of hydrogen-bond donors (Lipinski definition) is 0. The quantitative estimate of drug-likeness (QED) is 0.140. The summed E-state index contributed by atoms with van der Waals surface area (Å²) in [5.74, 6) is 0. The Morgan fingerprint density at radius 1 is 0.290 bits per heavy atom. The predicted molar refractivity (Wildman–Crippen MR) is 289 cm³/mol. The molecular formula is C67H46N2. The van der Waals surface area contributed by atoms with Gasteiger partial charge in [0.25, 0.3) is 0 Å². The van der Waals surface area contributed by atoms with Crippen molar-refractivity contribution in [1.82, 2.24) is 4.57 Å². The van der Waals surface area contributed by atoms with Crippen LogP contribution in [-0.2, 0) is 5.41 Å². The fourth-order valence-electron chi connectivity index (χ4n) is 11.5. The molecule has 1 aliphatic carbocycles. The Bertz CT molecular complexity index is 3780. The molecule has 1 aromatic heterocycles. The minimum absolute atomic E-state index is 0.583. The van der Waals surface area contributed by atoms with Crippen LogP contribution in [-0.4, -0.2) is 4.57 Å². The topological polar surface area (TPSA) is 8.17 Å². The van der Waals surface area contributed by atoms with Crippen molar-refractivity contribution in [3.63, 3.8) is 0 Å². The molecule has 0 saturated heterocycles. The molecule has 0 unspecified atom stereocenters. The van der Waals surface area contributed by atoms with E-state index in [0.717, 1.165) is 56.0 Å². The number of anilines is 3. The van der Waals surface area contributed by atoms with Crippen molar-refractivity contribution in [3.8, 4) is 50.2 Å². The second-order valence-electron chi connectivity index (χ2n) is 17.9. The number of aromatic nitrogens is 1. The maximum absolute atomic E-state index is 2.61. The van der Waals surface area contributed by atoms with Crippen LogP contribution in [0.3, 0.4) is 0 Å². The van der Waals surface area contributed by atoms with Crippen LogP contribution in [0.2, 0.25) is 0 Å². The van der Waals surface area contributed by atoms with Crippen LogP contribution in [0.5, 0.6) is 0 Å². The fraction of sp³-hybridized carbons (Fsp3) is 0.0149. The molecular weight excluding hydrogens is 833 g/mol. The lowest BCUT2D eigenvalue weighted by Crippen LogP contribution is -2.28. The van der Waals surface area contributed by atoms with Gasteiger partial charge in [-0.1, -0.05) is 237 Å². The summed E-state index contributed by atoms with van der Waals surface area (Å²) in [6.07, 6.45) is 0. The molecule has 0 aliphatic heterocycles. The zero-order chi connectivity index (χ0) is 45.7. The van der Waals surface area contributed by atoms with E-state index in [1.165, 1.54) is 55.3 Å². The molecule has 2 heteroatoms. The zero-order valence-corrected chi connectivity index (χ0v) is 38.0. The van der Waals surface area contributed by atoms with E-state index in [0.29, 0.717) is 0 Å². The molecule has 324 valence electrons. The van der Waals surface area contributed by atoms with Gasteiger partial charge in [-0.3, -0.25) is 0 Å². The Labute approximate surface area is 403 Å². The molecule has 0 radical (unpaired) electrons. The summed E-state index contributed by atoms with van der Waals surface area (Å²) < 4.78 is 2.43. The third-order valence-corrected chi connectivity index (χ3v) is 14.3. The smallest absolute Gasteiger partial charge is 0.0714 e. The van der Waals surface area contributed by atoms with E-state index in [1.807, 2.05) is 0 Å². The summed E-state index contributed by atoms with van der Waals surface area (Å²) in [6.45, 7) is 0. The van der Waals surface area contributed by atoms with E-state index in [-0.39, 0.29) is 0 Å². The molecule has 69 heavy (non-hydrogen) atoms. The highest BCUT2D eigenvalue weighted by Crippen LogP contribution is 2.61. The average Bonchev–Trinajstić information content (AvgIpc) is 3.94. The monoisotopic (exact) mass is 878 g/mol. The minimum Gasteiger partial charge on any atom is -0.309 e. The second kappa shape index (κ2) is 16.7. The number of para-hydroxylation sites is 2. The van der Waals surface area contributed by atoms with Gasteiger partial charge in [0.1, 0.15) is 0 Å². The first-order chi connectivity index (χ1) is 34.3. The maximum atomic E-state index is 2.61. The highest BCUT2D eigenvalue weighted by molar-refractivity contribution is 6.18. The van der Waals surface area contributed by atoms with E-state index < -0.39 is 5.41 Å². The van der Waals surface area contributed by atoms with Crippen LogP contribution in [0.25, 0.3) is 72.0 Å². The highest BCUT2D eigenvalue weighted by Gasteiger charge is 2.47. The molecule has 2 nitrogen and oxygen atoms in total. The third-order valence-electron chi connectivity index (χ3n) is 14.3. The SMILES string of the molecule is c1ccc(-c2ccccc2-c2c(-c3ccccc3)cccc2N(c2cccc3c2-c2ccccc2C3(c2ccccc2)c2ccccc2)c2cccc3c2c2ccccc2n3-c2ccccc2)cc1. The summed E-state index contributed by atoms with van der Waals surface area (Å²) >= 11 is 0. The summed E-state index contributed by atoms with van der Waals surface area (Å²) in [5.41, 5.74) is 20.6. The molecule has 0 fully saturated rings. The third kappa shape index (κ3) is 6.34. The van der Waals surface area contributed by atoms with Crippen LogP contribution in [0, 0.1) is 0 Å². The van der Waals surface area contributed by atoms with E-state index >= 15 is 0 Å². The Balaban J connectivity index is 1.21. The number of hydrogen-bond acceptors (Lipinski definition) is 1. The molecule has 0 amide bonds. The van der Waals surface area contributed by atoms with Crippen LogP contribution < -0.4 is 4.90 Å². The van der Waals surface area contributed by atoms with Crippen LogP contribution in [0.15, 0.2) is 279 Å². The van der Waals surface area contributed by atoms with Gasteiger partial charge in [0.2, 0.25) is 0 Å². The number of rotatable bonds is 9. The van der Waals surface area contributed by atoms with E-state index in [9.17, 15) is 0 Å². The zero-order valence-electron chi connectivity index (χ0n) is 38.0. The fourth-order valence-corrected chi connectivity index (χ4v) is 11.5. The van der Waals surface area contributed by atoms with Crippen molar-refractivity contribution in [2.45, 2.75) is 5.41 Å². The Kier molecular flexibility index (Phi) is 9.77. The molecule has 1 aliphatic rings. The van der Waals surface area contributed by atoms with Crippen LogP contribution in [0.4, 0.5) is 17.1 Å². The summed E-state index contributed by atoms with van der Waals surface area (Å²) in [6, 6.07) is 103. The van der Waals surface area contributed by atoms with Gasteiger partial charge in [-0.15, -0.1) is 0 Å². The largest absolute Gasteiger partial charge is 0.309 e. The number of nitrogens with zero attached hydrogens (tertiary/aromatic N) is 2. The van der Waals surface area contributed by atoms with Gasteiger partial charge in [-0.05, 0) is 98.1 Å². The lowest BCUT2D eigenvalue weighted by molar-refractivity contribution is 0.768. The molecule has 13 rings (SSSR count). The van der Waals surface area contributed by atoms with Gasteiger partial charge in [-0.25, -0.2) is 0 Å². The van der Waals surface area contributed by atoms with Crippen molar-refractivity contribution in [1.29, 1.82) is 0 Å². The van der Waals surface area contributed by atoms with Crippen molar-refractivity contribution >= 4 is 38.9 Å². The van der Waals surface area contributed by atoms with Crippen LogP contribution >= 0.6 is 0 Å². The normalized spacial score (nSPS) is 12.5. The van der Waals surface area contributed by atoms with Gasteiger partial charge in [0.15, 0.2) is 0 Å². The van der Waals surface area contributed by atoms with E-state index in [4.69, 9.17) is 0 Å². The molecule has 0 bridgehead atoms. The first-order valence-corrected chi connectivity index (χ1v) is 23.9. The minimum atomic E-state index is -0.583. The number of benzene rings is 11. The molecule has 0 spiro atoms. The number of fused-ring (bicyclic) bond motifs is 6. The lowest BCUT2D eigenvalue weighted by atomic mass is 9.68. The Hall–Kier alpha value is -8.98. The maximum Gasteiger partial charge on any atom is 0.0714 e. The first kappa shape index (κ1) is 40.3. The van der Waals surface area contributed by atoms with Gasteiger partial charge in [0.05, 0.1) is 33.5 Å². The molecule has 1 heterocycles. The Morgan fingerprint density at radius 3 is 1.42 bits per heavy atom. The van der Waals surface area contributed by atoms with E-state index in [1.54, 1.807) is 0 Å². The molecule has 12 aromatic rings. The van der Waals surface area contributed by atoms with Crippen LogP contribution in [0.1, 0.15) is 22.3 Å². The predicted octanol–water partition coefficient (Wildman–Crippen LogP) is 17.6. The molecule has 0 N–H and O–H groups in total. The van der Waals surface area contributed by atoms with Gasteiger partial charge in [-0.2, -0.15) is 0 Å². The first-order valence-electron chi connectivity index (χ1n) is 23.9. The summed E-state index contributed by atoms with van der Waals surface area (Å²) in [7, 11) is 0. The van der Waals surface area contributed by atoms with Gasteiger partial charge >= 0.3 is 0 Å². The van der Waals surface area contributed by atoms with Crippen molar-refractivity contribution < 1.29 is 0 Å². The van der Waals surface area contributed by atoms with Crippen molar-refractivity contribution in [2.75, 3.05) is 4.90 Å². The van der Waals surface area contributed by atoms with Gasteiger partial charge in [0, 0.05) is 27.6 Å². The highest BCUT2D eigenvalue weighted by atomic mass is 15.2. The standard InChI is InChI=1S/C67H46N2/c1-6-25-47(26-7-1)52-35-16-17-36-54(52)64-53(48-27-8-2-9-28-48)39-22-43-60(64)69(63-46-24-45-62-66(63)56-38-19-21-42-59(56)68(62)51-33-14-5-15-34-51)61-44-23-41-58-65(61)55-37-18-20-40-57(55)67(58,49-29-10-3-11-30-49)50-31-12-4-13-32-50/h1-46H.